The first-order chi connectivity index (χ1) is 18.1. The molecule has 1 aliphatic heterocycles. The minimum absolute atomic E-state index is 0.159. The molecule has 3 aromatic rings. The minimum atomic E-state index is -2.67. The highest BCUT2D eigenvalue weighted by atomic mass is 32.4. The Morgan fingerprint density at radius 1 is 1.29 bits per heavy atom. The first-order valence-electron chi connectivity index (χ1n) is 12.7. The highest BCUT2D eigenvalue weighted by Crippen LogP contribution is 2.48. The van der Waals surface area contributed by atoms with Crippen LogP contribution in [0.25, 0.3) is 11.2 Å². The highest BCUT2D eigenvalue weighted by Gasteiger charge is 2.36. The summed E-state index contributed by atoms with van der Waals surface area (Å²) in [4.78, 5) is 25.6. The molecule has 13 heteroatoms. The zero-order chi connectivity index (χ0) is 27.4. The third-order valence-electron chi connectivity index (χ3n) is 6.20. The fourth-order valence-electron chi connectivity index (χ4n) is 4.50. The Labute approximate surface area is 228 Å². The van der Waals surface area contributed by atoms with Crippen LogP contribution in [0.3, 0.4) is 0 Å². The van der Waals surface area contributed by atoms with Crippen LogP contribution in [0.2, 0.25) is 0 Å². The van der Waals surface area contributed by atoms with E-state index < -0.39 is 12.5 Å². The van der Waals surface area contributed by atoms with E-state index in [-0.39, 0.29) is 42.9 Å². The van der Waals surface area contributed by atoms with E-state index in [1.165, 1.54) is 0 Å². The molecule has 0 saturated carbocycles. The van der Waals surface area contributed by atoms with Gasteiger partial charge in [-0.3, -0.25) is 14.4 Å². The number of nitrogens with one attached hydrogen (secondary N) is 2. The number of benzene rings is 1. The third-order valence-corrected chi connectivity index (χ3v) is 9.35. The van der Waals surface area contributed by atoms with E-state index in [9.17, 15) is 4.79 Å². The lowest BCUT2D eigenvalue weighted by Gasteiger charge is -2.28. The molecule has 1 aliphatic rings. The third kappa shape index (κ3) is 6.68. The van der Waals surface area contributed by atoms with Gasteiger partial charge in [-0.05, 0) is 44.6 Å². The SMILES string of the molecule is CNc1nc(N)nc2c1ncn2[C@@H]1O[C@H](COP(=S)(Cc2ccccc2)N[C@H](C)C(=O)OC(C)C)C[C@@H]1C. The summed E-state index contributed by atoms with van der Waals surface area (Å²) in [5.74, 6) is 0.530. The van der Waals surface area contributed by atoms with Gasteiger partial charge in [0.05, 0.1) is 25.1 Å². The molecule has 1 fully saturated rings. The maximum atomic E-state index is 12.5. The molecule has 4 N–H and O–H groups in total. The molecule has 206 valence electrons. The molecule has 5 atom stereocenters. The number of carbonyl (C=O) groups is 1. The average Bonchev–Trinajstić information content (AvgIpc) is 3.45. The normalized spacial score (nSPS) is 21.9. The van der Waals surface area contributed by atoms with Crippen LogP contribution in [0.1, 0.15) is 45.9 Å². The van der Waals surface area contributed by atoms with Gasteiger partial charge in [-0.2, -0.15) is 9.97 Å². The Hall–Kier alpha value is -2.63. The standard InChI is InChI=1S/C25H36N7O4PS/c1-15(2)35-24(33)17(4)31-37(38,13-18-9-7-6-8-10-18)34-12-19-11-16(3)23(36-19)32-14-28-20-21(27-5)29-25(26)30-22(20)32/h6-10,14-17,19,23H,11-13H2,1-5H3,(H,31,38)(H3,26,27,29,30)/t16-,17+,19-,23+,37?/m0/s1. The zero-order valence-corrected chi connectivity index (χ0v) is 24.0. The molecule has 0 aliphatic carbocycles. The van der Waals surface area contributed by atoms with Crippen LogP contribution in [0.15, 0.2) is 36.7 Å². The van der Waals surface area contributed by atoms with Crippen molar-refractivity contribution in [2.24, 2.45) is 5.92 Å². The molecule has 38 heavy (non-hydrogen) atoms. The Bertz CT molecular complexity index is 1310. The van der Waals surface area contributed by atoms with Crippen molar-refractivity contribution in [2.75, 3.05) is 24.7 Å². The number of anilines is 2. The number of hydrogen-bond acceptors (Lipinski definition) is 10. The summed E-state index contributed by atoms with van der Waals surface area (Å²) in [5.41, 5.74) is 8.19. The lowest BCUT2D eigenvalue weighted by Crippen LogP contribution is -2.36. The molecule has 11 nitrogen and oxygen atoms in total. The van der Waals surface area contributed by atoms with E-state index in [1.54, 1.807) is 20.3 Å². The van der Waals surface area contributed by atoms with E-state index in [0.717, 1.165) is 12.0 Å². The molecule has 1 saturated heterocycles. The number of nitrogens with two attached hydrogens (primary N) is 1. The largest absolute Gasteiger partial charge is 0.462 e. The number of nitrogens with zero attached hydrogens (tertiary/aromatic N) is 4. The van der Waals surface area contributed by atoms with Gasteiger partial charge in [-0.25, -0.2) is 4.98 Å². The van der Waals surface area contributed by atoms with Crippen molar-refractivity contribution in [3.8, 4) is 0 Å². The smallest absolute Gasteiger partial charge is 0.323 e. The first kappa shape index (κ1) is 28.4. The van der Waals surface area contributed by atoms with Crippen LogP contribution in [0.4, 0.5) is 11.8 Å². The summed E-state index contributed by atoms with van der Waals surface area (Å²) in [6, 6.07) is 9.28. The van der Waals surface area contributed by atoms with Crippen LogP contribution in [-0.2, 0) is 36.8 Å². The van der Waals surface area contributed by atoms with Crippen molar-refractivity contribution >= 4 is 47.1 Å². The molecule has 4 rings (SSSR count). The second kappa shape index (κ2) is 12.0. The van der Waals surface area contributed by atoms with Gasteiger partial charge in [-0.1, -0.05) is 37.3 Å². The van der Waals surface area contributed by atoms with Crippen molar-refractivity contribution in [1.82, 2.24) is 24.6 Å². The van der Waals surface area contributed by atoms with Gasteiger partial charge < -0.3 is 25.0 Å². The number of imidazole rings is 1. The van der Waals surface area contributed by atoms with Crippen LogP contribution in [0.5, 0.6) is 0 Å². The van der Waals surface area contributed by atoms with Gasteiger partial charge >= 0.3 is 5.97 Å². The quantitative estimate of drug-likeness (QED) is 0.233. The number of esters is 1. The molecular weight excluding hydrogens is 525 g/mol. The van der Waals surface area contributed by atoms with Crippen LogP contribution in [0, 0.1) is 5.92 Å². The average molecular weight is 562 g/mol. The minimum Gasteiger partial charge on any atom is -0.462 e. The van der Waals surface area contributed by atoms with Gasteiger partial charge in [-0.15, -0.1) is 0 Å². The van der Waals surface area contributed by atoms with Gasteiger partial charge in [0.25, 0.3) is 0 Å². The Kier molecular flexibility index (Phi) is 9.00. The van der Waals surface area contributed by atoms with Crippen molar-refractivity contribution in [1.29, 1.82) is 0 Å². The monoisotopic (exact) mass is 561 g/mol. The van der Waals surface area contributed by atoms with Crippen molar-refractivity contribution in [3.05, 3.63) is 42.2 Å². The fourth-order valence-corrected chi connectivity index (χ4v) is 7.65. The van der Waals surface area contributed by atoms with Crippen LogP contribution < -0.4 is 16.1 Å². The van der Waals surface area contributed by atoms with Crippen LogP contribution >= 0.6 is 6.42 Å². The Morgan fingerprint density at radius 2 is 2.03 bits per heavy atom. The van der Waals surface area contributed by atoms with E-state index >= 15 is 0 Å². The molecule has 1 unspecified atom stereocenters. The number of hydrogen-bond donors (Lipinski definition) is 3. The maximum Gasteiger partial charge on any atom is 0.323 e. The second-order valence-electron chi connectivity index (χ2n) is 9.82. The molecule has 2 aromatic heterocycles. The molecule has 1 aromatic carbocycles. The topological polar surface area (TPSA) is 138 Å². The van der Waals surface area contributed by atoms with E-state index in [0.29, 0.717) is 23.1 Å². The maximum absolute atomic E-state index is 12.5. The van der Waals surface area contributed by atoms with Gasteiger partial charge in [0, 0.05) is 19.1 Å². The fraction of sp³-hybridized carbons (Fsp3) is 0.520. The summed E-state index contributed by atoms with van der Waals surface area (Å²) in [6.07, 6.45) is -0.428. The van der Waals surface area contributed by atoms with Crippen LogP contribution in [-0.4, -0.2) is 57.4 Å². The van der Waals surface area contributed by atoms with Crippen molar-refractivity contribution in [3.63, 3.8) is 0 Å². The molecule has 0 radical (unpaired) electrons. The van der Waals surface area contributed by atoms with E-state index in [1.807, 2.05) is 48.7 Å². The summed E-state index contributed by atoms with van der Waals surface area (Å²) in [6.45, 7) is 7.79. The van der Waals surface area contributed by atoms with Gasteiger partial charge in [0.2, 0.25) is 5.95 Å². The summed E-state index contributed by atoms with van der Waals surface area (Å²) in [7, 11) is 1.76. The lowest BCUT2D eigenvalue weighted by atomic mass is 10.1. The zero-order valence-electron chi connectivity index (χ0n) is 22.3. The van der Waals surface area contributed by atoms with E-state index in [2.05, 4.69) is 32.3 Å². The Balaban J connectivity index is 1.48. The number of nitrogen functional groups attached to an aromatic ring is 1. The van der Waals surface area contributed by atoms with Crippen molar-refractivity contribution in [2.45, 2.75) is 64.8 Å². The molecule has 0 bridgehead atoms. The number of rotatable bonds is 11. The second-order valence-corrected chi connectivity index (χ2v) is 13.8. The Morgan fingerprint density at radius 3 is 2.71 bits per heavy atom. The number of aromatic nitrogens is 4. The number of carbonyl (C=O) groups excluding carboxylic acids is 1. The first-order valence-corrected chi connectivity index (χ1v) is 15.6. The van der Waals surface area contributed by atoms with Gasteiger partial charge in [0.1, 0.15) is 18.7 Å². The predicted octanol–water partition coefficient (Wildman–Crippen LogP) is 3.83. The highest BCUT2D eigenvalue weighted by molar-refractivity contribution is 8.10. The summed E-state index contributed by atoms with van der Waals surface area (Å²) in [5, 5.41) is 6.29. The number of ether oxygens (including phenoxy) is 2. The number of fused-ring (bicyclic) bond motifs is 1. The molecule has 3 heterocycles. The summed E-state index contributed by atoms with van der Waals surface area (Å²) < 4.78 is 20.1. The van der Waals surface area contributed by atoms with Gasteiger partial charge in [0.15, 0.2) is 17.0 Å². The molecule has 0 amide bonds. The van der Waals surface area contributed by atoms with Crippen molar-refractivity contribution < 1.29 is 18.8 Å². The molecular formula is C25H36N7O4PS. The molecule has 0 spiro atoms. The summed E-state index contributed by atoms with van der Waals surface area (Å²) >= 11 is 6.03. The van der Waals surface area contributed by atoms with E-state index in [4.69, 9.17) is 31.5 Å². The lowest BCUT2D eigenvalue weighted by molar-refractivity contribution is -0.148. The predicted molar refractivity (Wildman–Crippen MR) is 151 cm³/mol.